The number of carbonyl (C=O) groups excluding carboxylic acids is 1. The van der Waals surface area contributed by atoms with Gasteiger partial charge in [-0.25, -0.2) is 0 Å². The first-order valence-corrected chi connectivity index (χ1v) is 8.46. The van der Waals surface area contributed by atoms with E-state index in [1.54, 1.807) is 0 Å². The van der Waals surface area contributed by atoms with Gasteiger partial charge in [-0.05, 0) is 39.0 Å². The maximum absolute atomic E-state index is 11.4. The van der Waals surface area contributed by atoms with Gasteiger partial charge in [-0.3, -0.25) is 4.79 Å². The Morgan fingerprint density at radius 1 is 1.36 bits per heavy atom. The van der Waals surface area contributed by atoms with E-state index in [1.807, 2.05) is 19.6 Å². The average molecular weight is 218 g/mol. The molecule has 0 saturated carbocycles. The number of hydrogen-bond acceptors (Lipinski definition) is 4. The first-order valence-electron chi connectivity index (χ1n) is 5.05. The highest BCUT2D eigenvalue weighted by molar-refractivity contribution is 6.71. The predicted octanol–water partition coefficient (Wildman–Crippen LogP) is 0.821. The third-order valence-corrected chi connectivity index (χ3v) is 2.49. The molecule has 0 unspecified atom stereocenters. The summed E-state index contributed by atoms with van der Waals surface area (Å²) in [5.41, 5.74) is 11.0. The van der Waals surface area contributed by atoms with Crippen molar-refractivity contribution in [2.24, 2.45) is 11.5 Å². The Bertz CT molecular complexity index is 180. The molecule has 84 valence electrons. The molecular formula is C9H22N2O2Si. The van der Waals surface area contributed by atoms with Crippen molar-refractivity contribution in [2.75, 3.05) is 6.54 Å². The summed E-state index contributed by atoms with van der Waals surface area (Å²) in [5.74, 6) is -0.263. The third kappa shape index (κ3) is 7.05. The highest BCUT2D eigenvalue weighted by Crippen LogP contribution is 2.07. The van der Waals surface area contributed by atoms with Gasteiger partial charge in [0.2, 0.25) is 8.32 Å². The van der Waals surface area contributed by atoms with Crippen LogP contribution in [0.25, 0.3) is 0 Å². The van der Waals surface area contributed by atoms with Crippen LogP contribution in [0.3, 0.4) is 0 Å². The summed E-state index contributed by atoms with van der Waals surface area (Å²) in [6, 6.07) is -0.478. The second-order valence-electron chi connectivity index (χ2n) is 4.42. The van der Waals surface area contributed by atoms with Crippen molar-refractivity contribution in [1.82, 2.24) is 0 Å². The average Bonchev–Trinajstić information content (AvgIpc) is 2.01. The largest absolute Gasteiger partial charge is 0.519 e. The minimum absolute atomic E-state index is 0.263. The SMILES string of the molecule is C[Si](C)(C)OC(=O)[C@@H](N)CCCCN. The Hall–Kier alpha value is -0.393. The second-order valence-corrected chi connectivity index (χ2v) is 8.85. The van der Waals surface area contributed by atoms with Crippen LogP contribution in [0.15, 0.2) is 0 Å². The molecule has 0 aliphatic heterocycles. The Morgan fingerprint density at radius 2 is 1.93 bits per heavy atom. The monoisotopic (exact) mass is 218 g/mol. The van der Waals surface area contributed by atoms with E-state index in [-0.39, 0.29) is 5.97 Å². The predicted molar refractivity (Wildman–Crippen MR) is 60.3 cm³/mol. The van der Waals surface area contributed by atoms with Crippen LogP contribution in [-0.4, -0.2) is 26.9 Å². The van der Waals surface area contributed by atoms with Crippen LogP contribution in [0.2, 0.25) is 19.6 Å². The summed E-state index contributed by atoms with van der Waals surface area (Å²) in [6.45, 7) is 6.56. The van der Waals surface area contributed by atoms with E-state index in [4.69, 9.17) is 15.9 Å². The quantitative estimate of drug-likeness (QED) is 0.511. The summed E-state index contributed by atoms with van der Waals surface area (Å²) in [6.07, 6.45) is 2.47. The maximum Gasteiger partial charge on any atom is 0.309 e. The van der Waals surface area contributed by atoms with Crippen molar-refractivity contribution in [2.45, 2.75) is 44.9 Å². The van der Waals surface area contributed by atoms with Crippen LogP contribution in [-0.2, 0) is 9.22 Å². The second kappa shape index (κ2) is 6.16. The first-order chi connectivity index (χ1) is 6.37. The van der Waals surface area contributed by atoms with E-state index in [0.29, 0.717) is 13.0 Å². The molecule has 4 N–H and O–H groups in total. The Morgan fingerprint density at radius 3 is 2.36 bits per heavy atom. The first kappa shape index (κ1) is 13.6. The Labute approximate surface area is 87.1 Å². The third-order valence-electron chi connectivity index (χ3n) is 1.68. The van der Waals surface area contributed by atoms with E-state index in [1.165, 1.54) is 0 Å². The van der Waals surface area contributed by atoms with E-state index >= 15 is 0 Å². The standard InChI is InChI=1S/C9H22N2O2Si/c1-14(2,3)13-9(12)8(11)6-4-5-7-10/h8H,4-7,10-11H2,1-3H3/t8-/m0/s1. The molecule has 0 fully saturated rings. The normalized spacial score (nSPS) is 13.8. The van der Waals surface area contributed by atoms with Gasteiger partial charge in [0.1, 0.15) is 6.04 Å². The van der Waals surface area contributed by atoms with Crippen molar-refractivity contribution in [3.05, 3.63) is 0 Å². The molecule has 0 aliphatic carbocycles. The summed E-state index contributed by atoms with van der Waals surface area (Å²) in [7, 11) is -1.78. The van der Waals surface area contributed by atoms with Gasteiger partial charge < -0.3 is 15.9 Å². The molecule has 0 aromatic carbocycles. The van der Waals surface area contributed by atoms with Gasteiger partial charge in [0.05, 0.1) is 0 Å². The fraction of sp³-hybridized carbons (Fsp3) is 0.889. The van der Waals surface area contributed by atoms with Crippen molar-refractivity contribution in [3.8, 4) is 0 Å². The molecule has 0 aromatic rings. The van der Waals surface area contributed by atoms with Crippen molar-refractivity contribution in [3.63, 3.8) is 0 Å². The Kier molecular flexibility index (Phi) is 5.99. The van der Waals surface area contributed by atoms with Gasteiger partial charge in [0.25, 0.3) is 0 Å². The molecular weight excluding hydrogens is 196 g/mol. The van der Waals surface area contributed by atoms with Crippen molar-refractivity contribution >= 4 is 14.3 Å². The molecule has 0 bridgehead atoms. The van der Waals surface area contributed by atoms with Crippen LogP contribution in [0.1, 0.15) is 19.3 Å². The molecule has 0 saturated heterocycles. The number of rotatable bonds is 6. The fourth-order valence-electron chi connectivity index (χ4n) is 1.00. The van der Waals surface area contributed by atoms with Crippen LogP contribution in [0.4, 0.5) is 0 Å². The van der Waals surface area contributed by atoms with E-state index < -0.39 is 14.4 Å². The van der Waals surface area contributed by atoms with E-state index in [9.17, 15) is 4.79 Å². The minimum atomic E-state index is -1.78. The molecule has 0 spiro atoms. The lowest BCUT2D eigenvalue weighted by Crippen LogP contribution is -2.39. The van der Waals surface area contributed by atoms with Gasteiger partial charge in [-0.15, -0.1) is 0 Å². The molecule has 4 nitrogen and oxygen atoms in total. The molecule has 0 rings (SSSR count). The van der Waals surface area contributed by atoms with Crippen LogP contribution < -0.4 is 11.5 Å². The summed E-state index contributed by atoms with van der Waals surface area (Å²) < 4.78 is 5.27. The van der Waals surface area contributed by atoms with Crippen LogP contribution in [0.5, 0.6) is 0 Å². The molecule has 0 heterocycles. The van der Waals surface area contributed by atoms with E-state index in [2.05, 4.69) is 0 Å². The highest BCUT2D eigenvalue weighted by Gasteiger charge is 2.23. The molecule has 0 aromatic heterocycles. The molecule has 0 aliphatic rings. The zero-order valence-corrected chi connectivity index (χ0v) is 10.4. The summed E-state index contributed by atoms with van der Waals surface area (Å²) in [5, 5.41) is 0. The van der Waals surface area contributed by atoms with E-state index in [0.717, 1.165) is 12.8 Å². The molecule has 14 heavy (non-hydrogen) atoms. The lowest BCUT2D eigenvalue weighted by Gasteiger charge is -2.20. The van der Waals surface area contributed by atoms with Crippen molar-refractivity contribution in [1.29, 1.82) is 0 Å². The molecule has 1 atom stereocenters. The lowest BCUT2D eigenvalue weighted by molar-refractivity contribution is -0.136. The van der Waals surface area contributed by atoms with Gasteiger partial charge in [-0.1, -0.05) is 6.42 Å². The summed E-state index contributed by atoms with van der Waals surface area (Å²) in [4.78, 5) is 11.4. The maximum atomic E-state index is 11.4. The topological polar surface area (TPSA) is 78.3 Å². The van der Waals surface area contributed by atoms with Crippen LogP contribution in [0, 0.1) is 0 Å². The number of carbonyl (C=O) groups is 1. The zero-order valence-electron chi connectivity index (χ0n) is 9.38. The minimum Gasteiger partial charge on any atom is -0.519 e. The molecule has 0 radical (unpaired) electrons. The lowest BCUT2D eigenvalue weighted by atomic mass is 10.1. The summed E-state index contributed by atoms with van der Waals surface area (Å²) >= 11 is 0. The fourth-order valence-corrected chi connectivity index (χ4v) is 1.76. The molecule has 5 heteroatoms. The highest BCUT2D eigenvalue weighted by atomic mass is 28.4. The van der Waals surface area contributed by atoms with Gasteiger partial charge in [0, 0.05) is 0 Å². The van der Waals surface area contributed by atoms with Gasteiger partial charge in [0.15, 0.2) is 0 Å². The number of nitrogens with two attached hydrogens (primary N) is 2. The van der Waals surface area contributed by atoms with Crippen molar-refractivity contribution < 1.29 is 9.22 Å². The number of hydrogen-bond donors (Lipinski definition) is 2. The molecule has 0 amide bonds. The number of unbranched alkanes of at least 4 members (excludes halogenated alkanes) is 1. The van der Waals surface area contributed by atoms with Crippen LogP contribution >= 0.6 is 0 Å². The van der Waals surface area contributed by atoms with Gasteiger partial charge in [-0.2, -0.15) is 0 Å². The van der Waals surface area contributed by atoms with Gasteiger partial charge >= 0.3 is 5.97 Å². The Balaban J connectivity index is 3.77. The smallest absolute Gasteiger partial charge is 0.309 e. The zero-order chi connectivity index (χ0) is 11.2.